The summed E-state index contributed by atoms with van der Waals surface area (Å²) in [4.78, 5) is 21.4. The van der Waals surface area contributed by atoms with Gasteiger partial charge in [0.2, 0.25) is 0 Å². The lowest BCUT2D eigenvalue weighted by molar-refractivity contribution is -0.0606. The van der Waals surface area contributed by atoms with Crippen LogP contribution in [0.2, 0.25) is 0 Å². The minimum atomic E-state index is -0.655. The van der Waals surface area contributed by atoms with Gasteiger partial charge in [0.25, 0.3) is 5.91 Å². The highest BCUT2D eigenvalue weighted by molar-refractivity contribution is 5.94. The molecule has 0 spiro atoms. The average Bonchev–Trinajstić information content (AvgIpc) is 2.77. The quantitative estimate of drug-likeness (QED) is 0.743. The van der Waals surface area contributed by atoms with Crippen LogP contribution in [-0.4, -0.2) is 75.3 Å². The summed E-state index contributed by atoms with van der Waals surface area (Å²) >= 11 is 0. The molecule has 1 aromatic carbocycles. The number of carbonyl (C=O) groups is 1. The van der Waals surface area contributed by atoms with Gasteiger partial charge in [0.1, 0.15) is 6.10 Å². The van der Waals surface area contributed by atoms with Crippen molar-refractivity contribution in [1.82, 2.24) is 14.8 Å². The van der Waals surface area contributed by atoms with Gasteiger partial charge in [-0.2, -0.15) is 0 Å². The maximum Gasteiger partial charge on any atom is 0.254 e. The zero-order chi connectivity index (χ0) is 21.8. The summed E-state index contributed by atoms with van der Waals surface area (Å²) in [7, 11) is 0. The van der Waals surface area contributed by atoms with Crippen molar-refractivity contribution in [1.29, 1.82) is 0 Å². The Morgan fingerprint density at radius 2 is 1.87 bits per heavy atom. The Hall–Kier alpha value is -2.72. The first kappa shape index (κ1) is 21.5. The number of nitrogens with zero attached hydrogens (tertiary/aromatic N) is 3. The second-order valence-corrected chi connectivity index (χ2v) is 8.34. The van der Waals surface area contributed by atoms with Crippen LogP contribution in [0.4, 0.5) is 0 Å². The minimum absolute atomic E-state index is 0.0409. The summed E-state index contributed by atoms with van der Waals surface area (Å²) in [5, 5.41) is 19.5. The maximum absolute atomic E-state index is 13.1. The molecular formula is C25H29N3O3. The van der Waals surface area contributed by atoms with E-state index >= 15 is 0 Å². The molecule has 3 heterocycles. The number of pyridine rings is 1. The van der Waals surface area contributed by atoms with Gasteiger partial charge in [-0.15, -0.1) is 0 Å². The van der Waals surface area contributed by atoms with Crippen molar-refractivity contribution >= 4 is 5.91 Å². The lowest BCUT2D eigenvalue weighted by Gasteiger charge is -2.57. The Labute approximate surface area is 183 Å². The van der Waals surface area contributed by atoms with Gasteiger partial charge in [-0.05, 0) is 56.1 Å². The first-order valence-electron chi connectivity index (χ1n) is 10.9. The van der Waals surface area contributed by atoms with Crippen LogP contribution in [0, 0.1) is 11.8 Å². The van der Waals surface area contributed by atoms with Crippen molar-refractivity contribution in [3.8, 4) is 11.8 Å². The van der Waals surface area contributed by atoms with Gasteiger partial charge in [0.15, 0.2) is 0 Å². The summed E-state index contributed by atoms with van der Waals surface area (Å²) < 4.78 is 0. The second-order valence-electron chi connectivity index (χ2n) is 8.34. The summed E-state index contributed by atoms with van der Waals surface area (Å²) in [6.45, 7) is 4.08. The number of rotatable bonds is 3. The van der Waals surface area contributed by atoms with Gasteiger partial charge < -0.3 is 15.1 Å². The molecule has 0 unspecified atom stereocenters. The minimum Gasteiger partial charge on any atom is -0.395 e. The molecule has 0 saturated carbocycles. The number of aromatic nitrogens is 1. The maximum atomic E-state index is 13.1. The van der Waals surface area contributed by atoms with Crippen molar-refractivity contribution in [2.75, 3.05) is 26.2 Å². The first-order chi connectivity index (χ1) is 15.1. The van der Waals surface area contributed by atoms with Crippen molar-refractivity contribution < 1.29 is 15.0 Å². The van der Waals surface area contributed by atoms with Crippen LogP contribution in [0.25, 0.3) is 0 Å². The summed E-state index contributed by atoms with van der Waals surface area (Å²) in [6.07, 6.45) is 4.61. The van der Waals surface area contributed by atoms with Crippen LogP contribution < -0.4 is 0 Å². The SMILES string of the molecule is C[C@@H](O)C#Cc1ccc([C@@H]2[C@H]3CN(C(=O)c4ccncc4)CCCCN3[C@H]2CO)cc1. The fraction of sp³-hybridized carbons (Fsp3) is 0.440. The average molecular weight is 420 g/mol. The molecule has 1 amide bonds. The molecule has 2 aromatic rings. The van der Waals surface area contributed by atoms with E-state index in [2.05, 4.69) is 33.9 Å². The molecule has 2 saturated heterocycles. The molecule has 31 heavy (non-hydrogen) atoms. The number of benzene rings is 1. The van der Waals surface area contributed by atoms with Crippen LogP contribution in [-0.2, 0) is 0 Å². The van der Waals surface area contributed by atoms with Gasteiger partial charge >= 0.3 is 0 Å². The highest BCUT2D eigenvalue weighted by atomic mass is 16.3. The molecule has 2 aliphatic rings. The number of carbonyl (C=O) groups excluding carboxylic acids is 1. The third-order valence-corrected chi connectivity index (χ3v) is 6.31. The standard InChI is InChI=1S/C25H29N3O3/c1-18(30)4-5-19-6-8-20(9-7-19)24-22-16-27(25(31)21-10-12-26-13-11-21)14-2-3-15-28(22)23(24)17-29/h6-13,18,22-24,29-30H,2-3,14-17H2,1H3/t18-,22-,23+,24-/m1/s1. The lowest BCUT2D eigenvalue weighted by atomic mass is 9.74. The van der Waals surface area contributed by atoms with Crippen LogP contribution in [0.3, 0.4) is 0 Å². The molecule has 6 heteroatoms. The molecular weight excluding hydrogens is 390 g/mol. The molecule has 2 N–H and O–H groups in total. The Morgan fingerprint density at radius 3 is 2.55 bits per heavy atom. The normalized spacial score (nSPS) is 24.6. The molecule has 6 nitrogen and oxygen atoms in total. The Morgan fingerprint density at radius 1 is 1.16 bits per heavy atom. The van der Waals surface area contributed by atoms with Crippen LogP contribution in [0.15, 0.2) is 48.8 Å². The predicted octanol–water partition coefficient (Wildman–Crippen LogP) is 1.88. The molecule has 1 aromatic heterocycles. The summed E-state index contributed by atoms with van der Waals surface area (Å²) in [5.74, 6) is 5.93. The predicted molar refractivity (Wildman–Crippen MR) is 118 cm³/mol. The lowest BCUT2D eigenvalue weighted by Crippen LogP contribution is -2.67. The first-order valence-corrected chi connectivity index (χ1v) is 10.9. The highest BCUT2D eigenvalue weighted by Gasteiger charge is 2.49. The van der Waals surface area contributed by atoms with E-state index in [1.807, 2.05) is 17.0 Å². The highest BCUT2D eigenvalue weighted by Crippen LogP contribution is 2.42. The molecule has 0 aliphatic carbocycles. The smallest absolute Gasteiger partial charge is 0.254 e. The summed E-state index contributed by atoms with van der Waals surface area (Å²) in [6, 6.07) is 11.8. The van der Waals surface area contributed by atoms with Gasteiger partial charge in [-0.3, -0.25) is 14.7 Å². The number of aliphatic hydroxyl groups is 2. The number of amides is 1. The Balaban J connectivity index is 1.56. The van der Waals surface area contributed by atoms with E-state index in [0.29, 0.717) is 12.1 Å². The van der Waals surface area contributed by atoms with E-state index in [1.165, 1.54) is 0 Å². The van der Waals surface area contributed by atoms with Gasteiger partial charge in [0, 0.05) is 54.6 Å². The molecule has 4 atom stereocenters. The van der Waals surface area contributed by atoms with E-state index in [1.54, 1.807) is 31.5 Å². The van der Waals surface area contributed by atoms with Gasteiger partial charge in [-0.25, -0.2) is 0 Å². The molecule has 4 rings (SSSR count). The topological polar surface area (TPSA) is 76.9 Å². The number of hydrogen-bond acceptors (Lipinski definition) is 5. The monoisotopic (exact) mass is 419 g/mol. The van der Waals surface area contributed by atoms with E-state index < -0.39 is 6.10 Å². The molecule has 2 aliphatic heterocycles. The molecule has 162 valence electrons. The van der Waals surface area contributed by atoms with E-state index in [4.69, 9.17) is 0 Å². The molecule has 0 bridgehead atoms. The number of fused-ring (bicyclic) bond motifs is 1. The fourth-order valence-corrected chi connectivity index (χ4v) is 4.78. The van der Waals surface area contributed by atoms with Crippen LogP contribution in [0.5, 0.6) is 0 Å². The zero-order valence-corrected chi connectivity index (χ0v) is 17.8. The van der Waals surface area contributed by atoms with E-state index in [-0.39, 0.29) is 30.5 Å². The number of aliphatic hydroxyl groups excluding tert-OH is 2. The summed E-state index contributed by atoms with van der Waals surface area (Å²) in [5.41, 5.74) is 2.67. The molecule has 0 radical (unpaired) electrons. The Bertz CT molecular complexity index is 949. The van der Waals surface area contributed by atoms with E-state index in [0.717, 1.165) is 37.1 Å². The van der Waals surface area contributed by atoms with Crippen molar-refractivity contribution in [2.45, 2.75) is 43.9 Å². The van der Waals surface area contributed by atoms with Crippen LogP contribution >= 0.6 is 0 Å². The fourth-order valence-electron chi connectivity index (χ4n) is 4.78. The zero-order valence-electron chi connectivity index (χ0n) is 17.8. The van der Waals surface area contributed by atoms with Crippen molar-refractivity contribution in [3.05, 3.63) is 65.5 Å². The van der Waals surface area contributed by atoms with E-state index in [9.17, 15) is 15.0 Å². The Kier molecular flexibility index (Phi) is 6.67. The molecule has 2 fully saturated rings. The number of hydrogen-bond donors (Lipinski definition) is 2. The third kappa shape index (κ3) is 4.64. The second kappa shape index (κ2) is 9.61. The third-order valence-electron chi connectivity index (χ3n) is 6.31. The largest absolute Gasteiger partial charge is 0.395 e. The van der Waals surface area contributed by atoms with Gasteiger partial charge in [0.05, 0.1) is 6.61 Å². The van der Waals surface area contributed by atoms with Gasteiger partial charge in [-0.1, -0.05) is 24.0 Å². The van der Waals surface area contributed by atoms with Crippen molar-refractivity contribution in [2.24, 2.45) is 0 Å². The van der Waals surface area contributed by atoms with Crippen molar-refractivity contribution in [3.63, 3.8) is 0 Å². The van der Waals surface area contributed by atoms with Crippen LogP contribution in [0.1, 0.15) is 47.2 Å².